The Kier molecular flexibility index (Phi) is 5.31. The van der Waals surface area contributed by atoms with E-state index in [0.717, 1.165) is 13.0 Å². The highest BCUT2D eigenvalue weighted by atomic mass is 35.5. The molecule has 0 amide bonds. The fourth-order valence-electron chi connectivity index (χ4n) is 3.30. The van der Waals surface area contributed by atoms with Crippen molar-refractivity contribution in [2.45, 2.75) is 13.0 Å². The van der Waals surface area contributed by atoms with Crippen molar-refractivity contribution in [1.82, 2.24) is 9.55 Å². The molecule has 0 unspecified atom stereocenters. The smallest absolute Gasteiger partial charge is 0.204 e. The Balaban J connectivity index is 1.90. The first kappa shape index (κ1) is 19.5. The Labute approximate surface area is 176 Å². The summed E-state index contributed by atoms with van der Waals surface area (Å²) in [7, 11) is 0. The molecular weight excluding hydrogens is 416 g/mol. The number of aromatic nitrogens is 2. The summed E-state index contributed by atoms with van der Waals surface area (Å²) in [5.74, 6) is 12.5. The first-order valence-corrected chi connectivity index (χ1v) is 9.63. The maximum atomic E-state index is 14.0. The molecule has 0 saturated carbocycles. The number of rotatable bonds is 3. The van der Waals surface area contributed by atoms with E-state index in [1.165, 1.54) is 23.2 Å². The Hall–Kier alpha value is -2.81. The van der Waals surface area contributed by atoms with Gasteiger partial charge in [-0.15, -0.1) is 0 Å². The fraction of sp³-hybridized carbons (Fsp3) is 0.158. The molecule has 5 N–H and O–H groups in total. The molecule has 1 aliphatic rings. The minimum absolute atomic E-state index is 0.255. The quantitative estimate of drug-likeness (QED) is 0.252. The number of imidazole rings is 1. The third-order valence-corrected chi connectivity index (χ3v) is 5.24. The molecule has 0 radical (unpaired) electrons. The van der Waals surface area contributed by atoms with Gasteiger partial charge in [0.25, 0.3) is 0 Å². The van der Waals surface area contributed by atoms with Crippen LogP contribution in [0.4, 0.5) is 16.0 Å². The van der Waals surface area contributed by atoms with Gasteiger partial charge in [0.15, 0.2) is 5.84 Å². The number of anilines is 2. The van der Waals surface area contributed by atoms with Crippen LogP contribution in [-0.4, -0.2) is 21.9 Å². The van der Waals surface area contributed by atoms with Crippen molar-refractivity contribution in [2.24, 2.45) is 16.8 Å². The Bertz CT molecular complexity index is 1080. The van der Waals surface area contributed by atoms with Gasteiger partial charge < -0.3 is 15.7 Å². The predicted octanol–water partition coefficient (Wildman–Crippen LogP) is 3.81. The monoisotopic (exact) mass is 433 g/mol. The summed E-state index contributed by atoms with van der Waals surface area (Å²) in [6.07, 6.45) is 0.871. The van der Waals surface area contributed by atoms with Gasteiger partial charge in [-0.2, -0.15) is 5.10 Å². The number of nitrogens with one attached hydrogen (secondary N) is 1. The van der Waals surface area contributed by atoms with Gasteiger partial charge >= 0.3 is 0 Å². The topological polar surface area (TPSA) is 97.5 Å². The van der Waals surface area contributed by atoms with Crippen molar-refractivity contribution in [3.05, 3.63) is 64.0 Å². The van der Waals surface area contributed by atoms with Crippen molar-refractivity contribution in [2.75, 3.05) is 16.9 Å². The highest BCUT2D eigenvalue weighted by Crippen LogP contribution is 2.35. The van der Waals surface area contributed by atoms with E-state index in [4.69, 9.17) is 34.9 Å². The minimum atomic E-state index is -0.428. The summed E-state index contributed by atoms with van der Waals surface area (Å²) >= 11 is 12.3. The molecule has 0 aliphatic carbocycles. The lowest BCUT2D eigenvalue weighted by molar-refractivity contribution is 0.623. The highest BCUT2D eigenvalue weighted by molar-refractivity contribution is 6.33. The van der Waals surface area contributed by atoms with E-state index in [2.05, 4.69) is 15.4 Å². The number of hydrogen-bond donors (Lipinski definition) is 3. The zero-order valence-corrected chi connectivity index (χ0v) is 16.8. The number of nitrogens with two attached hydrogens (primary N) is 2. The number of fused-ring (bicyclic) bond motifs is 1. The lowest BCUT2D eigenvalue weighted by Crippen LogP contribution is -2.40. The number of hydrogen-bond acceptors (Lipinski definition) is 5. The van der Waals surface area contributed by atoms with Crippen molar-refractivity contribution in [1.29, 1.82) is 0 Å². The van der Waals surface area contributed by atoms with Gasteiger partial charge in [0.2, 0.25) is 5.95 Å². The molecule has 3 aromatic rings. The molecule has 2 aromatic carbocycles. The standard InChI is InChI=1S/C19H18Cl2FN7/c20-11-2-5-13(6-3-11)29(24)18(27-23)17-16(14-10-12(22)4-7-15(14)21)26-19-25-8-1-9-28(17)19/h2-7,10H,1,8-9,23-24H2,(H,25,26)/b27-18-. The second-order valence-electron chi connectivity index (χ2n) is 6.49. The molecule has 0 saturated heterocycles. The maximum Gasteiger partial charge on any atom is 0.204 e. The number of hydrazone groups is 1. The average molecular weight is 434 g/mol. The van der Waals surface area contributed by atoms with Gasteiger partial charge in [0, 0.05) is 23.7 Å². The van der Waals surface area contributed by atoms with E-state index in [1.807, 2.05) is 4.57 Å². The molecule has 29 heavy (non-hydrogen) atoms. The molecule has 0 atom stereocenters. The van der Waals surface area contributed by atoms with Gasteiger partial charge in [0.1, 0.15) is 17.2 Å². The summed E-state index contributed by atoms with van der Waals surface area (Å²) < 4.78 is 15.9. The molecule has 0 spiro atoms. The first-order valence-electron chi connectivity index (χ1n) is 8.88. The van der Waals surface area contributed by atoms with E-state index in [-0.39, 0.29) is 5.84 Å². The van der Waals surface area contributed by atoms with Gasteiger partial charge in [-0.3, -0.25) is 5.01 Å². The normalized spacial score (nSPS) is 13.7. The van der Waals surface area contributed by atoms with E-state index < -0.39 is 5.82 Å². The SMILES string of the molecule is N/N=C(/c1c(-c2cc(F)ccc2Cl)nc2n1CCCN2)N(N)c1ccc(Cl)cc1. The Morgan fingerprint density at radius 2 is 1.97 bits per heavy atom. The third-order valence-electron chi connectivity index (χ3n) is 4.66. The lowest BCUT2D eigenvalue weighted by atomic mass is 10.1. The van der Waals surface area contributed by atoms with E-state index in [9.17, 15) is 4.39 Å². The van der Waals surface area contributed by atoms with Gasteiger partial charge in [-0.1, -0.05) is 23.2 Å². The molecule has 1 aliphatic heterocycles. The average Bonchev–Trinajstić information content (AvgIpc) is 3.10. The zero-order valence-electron chi connectivity index (χ0n) is 15.2. The Morgan fingerprint density at radius 1 is 1.21 bits per heavy atom. The minimum Gasteiger partial charge on any atom is -0.356 e. The second kappa shape index (κ2) is 7.90. The maximum absolute atomic E-state index is 14.0. The van der Waals surface area contributed by atoms with Gasteiger partial charge in [-0.05, 0) is 48.9 Å². The van der Waals surface area contributed by atoms with Crippen molar-refractivity contribution in [3.63, 3.8) is 0 Å². The summed E-state index contributed by atoms with van der Waals surface area (Å²) in [6, 6.07) is 11.0. The molecule has 1 aromatic heterocycles. The lowest BCUT2D eigenvalue weighted by Gasteiger charge is -2.24. The number of hydrazine groups is 1. The van der Waals surface area contributed by atoms with Crippen molar-refractivity contribution < 1.29 is 4.39 Å². The molecule has 10 heteroatoms. The van der Waals surface area contributed by atoms with Crippen LogP contribution in [0.15, 0.2) is 47.6 Å². The number of amidine groups is 1. The second-order valence-corrected chi connectivity index (χ2v) is 7.33. The fourth-order valence-corrected chi connectivity index (χ4v) is 3.63. The molecule has 0 fully saturated rings. The van der Waals surface area contributed by atoms with E-state index in [0.29, 0.717) is 45.2 Å². The van der Waals surface area contributed by atoms with Crippen LogP contribution in [-0.2, 0) is 6.54 Å². The van der Waals surface area contributed by atoms with Crippen molar-refractivity contribution >= 4 is 40.7 Å². The van der Waals surface area contributed by atoms with Crippen molar-refractivity contribution in [3.8, 4) is 11.3 Å². The summed E-state index contributed by atoms with van der Waals surface area (Å²) in [6.45, 7) is 1.44. The number of halogens is 3. The Morgan fingerprint density at radius 3 is 2.69 bits per heavy atom. The van der Waals surface area contributed by atoms with E-state index in [1.54, 1.807) is 24.3 Å². The summed E-state index contributed by atoms with van der Waals surface area (Å²) in [5, 5.41) is 9.44. The van der Waals surface area contributed by atoms with Crippen LogP contribution >= 0.6 is 23.2 Å². The van der Waals surface area contributed by atoms with Crippen LogP contribution in [0.5, 0.6) is 0 Å². The third kappa shape index (κ3) is 3.62. The molecule has 2 heterocycles. The molecule has 0 bridgehead atoms. The first-order chi connectivity index (χ1) is 14.0. The molecule has 4 rings (SSSR count). The van der Waals surface area contributed by atoms with E-state index >= 15 is 0 Å². The summed E-state index contributed by atoms with van der Waals surface area (Å²) in [4.78, 5) is 4.64. The molecule has 7 nitrogen and oxygen atoms in total. The molecular formula is C19H18Cl2FN7. The molecule has 150 valence electrons. The largest absolute Gasteiger partial charge is 0.356 e. The van der Waals surface area contributed by atoms with Crippen LogP contribution in [0.3, 0.4) is 0 Å². The van der Waals surface area contributed by atoms with Crippen LogP contribution in [0, 0.1) is 5.82 Å². The van der Waals surface area contributed by atoms with Crippen LogP contribution < -0.4 is 22.0 Å². The van der Waals surface area contributed by atoms with Crippen LogP contribution in [0.1, 0.15) is 12.1 Å². The predicted molar refractivity (Wildman–Crippen MR) is 115 cm³/mol. The van der Waals surface area contributed by atoms with Gasteiger partial charge in [0.05, 0.1) is 10.7 Å². The highest BCUT2D eigenvalue weighted by Gasteiger charge is 2.28. The number of nitrogens with zero attached hydrogens (tertiary/aromatic N) is 4. The number of benzene rings is 2. The van der Waals surface area contributed by atoms with Crippen LogP contribution in [0.25, 0.3) is 11.3 Å². The zero-order chi connectivity index (χ0) is 20.5. The summed E-state index contributed by atoms with van der Waals surface area (Å²) in [5.41, 5.74) is 2.03. The van der Waals surface area contributed by atoms with Gasteiger partial charge in [-0.25, -0.2) is 15.2 Å². The van der Waals surface area contributed by atoms with Crippen LogP contribution in [0.2, 0.25) is 10.0 Å².